The van der Waals surface area contributed by atoms with Crippen molar-refractivity contribution in [3.63, 3.8) is 0 Å². The number of carbonyl (C=O) groups is 1. The van der Waals surface area contributed by atoms with E-state index >= 15 is 0 Å². The lowest BCUT2D eigenvalue weighted by molar-refractivity contribution is 0.0600. The van der Waals surface area contributed by atoms with Gasteiger partial charge in [0.1, 0.15) is 0 Å². The Morgan fingerprint density at radius 3 is 2.74 bits per heavy atom. The first-order chi connectivity index (χ1) is 10.4. The number of benzene rings is 1. The number of likely N-dealkylation sites (N-methyl/N-ethyl adjacent to an activating group) is 1. The lowest BCUT2D eigenvalue weighted by Crippen LogP contribution is -2.41. The Morgan fingerprint density at radius 2 is 2.13 bits per heavy atom. The Bertz CT molecular complexity index is 663. The van der Waals surface area contributed by atoms with Gasteiger partial charge < -0.3 is 10.1 Å². The second-order valence-corrected chi connectivity index (χ2v) is 7.30. The van der Waals surface area contributed by atoms with Crippen molar-refractivity contribution in [2.24, 2.45) is 0 Å². The molecule has 0 radical (unpaired) electrons. The number of nitrogens with zero attached hydrogens (tertiary/aromatic N) is 1. The maximum atomic E-state index is 12.9. The third kappa shape index (κ3) is 4.03. The Hall–Kier alpha value is -1.15. The summed E-state index contributed by atoms with van der Waals surface area (Å²) in [5.74, 6) is -0.537. The van der Waals surface area contributed by atoms with Gasteiger partial charge in [-0.15, -0.1) is 12.4 Å². The van der Waals surface area contributed by atoms with Gasteiger partial charge in [0.05, 0.1) is 17.6 Å². The molecule has 130 valence electrons. The summed E-state index contributed by atoms with van der Waals surface area (Å²) < 4.78 is 32.1. The number of carbonyl (C=O) groups excluding carboxylic acids is 1. The summed E-state index contributed by atoms with van der Waals surface area (Å²) in [6.45, 7) is 2.86. The molecule has 0 bridgehead atoms. The molecule has 8 heteroatoms. The van der Waals surface area contributed by atoms with Crippen LogP contribution in [0.25, 0.3) is 0 Å². The van der Waals surface area contributed by atoms with Crippen molar-refractivity contribution in [1.29, 1.82) is 0 Å². The van der Waals surface area contributed by atoms with Crippen molar-refractivity contribution in [3.8, 4) is 0 Å². The van der Waals surface area contributed by atoms with Gasteiger partial charge in [-0.1, -0.05) is 6.07 Å². The highest BCUT2D eigenvalue weighted by Gasteiger charge is 2.35. The number of hydrogen-bond acceptors (Lipinski definition) is 5. The van der Waals surface area contributed by atoms with Crippen molar-refractivity contribution in [3.05, 3.63) is 29.3 Å². The number of halogens is 1. The maximum Gasteiger partial charge on any atom is 0.337 e. The number of ether oxygens (including phenoxy) is 1. The third-order valence-electron chi connectivity index (χ3n) is 3.96. The number of sulfonamides is 1. The van der Waals surface area contributed by atoms with E-state index in [1.807, 2.05) is 7.05 Å². The van der Waals surface area contributed by atoms with Crippen molar-refractivity contribution >= 4 is 28.4 Å². The summed E-state index contributed by atoms with van der Waals surface area (Å²) in [4.78, 5) is 11.8. The molecule has 0 saturated carbocycles. The number of hydrogen-bond donors (Lipinski definition) is 1. The smallest absolute Gasteiger partial charge is 0.337 e. The fraction of sp³-hybridized carbons (Fsp3) is 0.533. The first-order valence-electron chi connectivity index (χ1n) is 7.27. The van der Waals surface area contributed by atoms with Crippen LogP contribution in [0.2, 0.25) is 0 Å². The fourth-order valence-corrected chi connectivity index (χ4v) is 4.76. The molecule has 1 aliphatic heterocycles. The number of esters is 1. The largest absolute Gasteiger partial charge is 0.465 e. The van der Waals surface area contributed by atoms with E-state index in [2.05, 4.69) is 10.1 Å². The molecule has 0 amide bonds. The van der Waals surface area contributed by atoms with Crippen LogP contribution < -0.4 is 5.32 Å². The first-order valence-corrected chi connectivity index (χ1v) is 8.71. The van der Waals surface area contributed by atoms with E-state index in [-0.39, 0.29) is 28.9 Å². The van der Waals surface area contributed by atoms with Crippen LogP contribution in [0.15, 0.2) is 23.1 Å². The molecule has 2 rings (SSSR count). The molecule has 0 aliphatic carbocycles. The highest BCUT2D eigenvalue weighted by Crippen LogP contribution is 2.28. The molecule has 0 aromatic heterocycles. The minimum atomic E-state index is -3.62. The Labute approximate surface area is 143 Å². The number of aryl methyl sites for hydroxylation is 1. The summed E-state index contributed by atoms with van der Waals surface area (Å²) in [7, 11) is -0.530. The standard InChI is InChI=1S/C15H22N2O4S.ClH/c1-11-6-7-12(15(18)21-3)9-14(11)22(19,20)17-8-4-5-13(17)10-16-2;/h6-7,9,13,16H,4-5,8,10H2,1-3H3;1H. The van der Waals surface area contributed by atoms with Crippen LogP contribution in [-0.4, -0.2) is 52.0 Å². The third-order valence-corrected chi connectivity index (χ3v) is 6.05. The van der Waals surface area contributed by atoms with Crippen LogP contribution in [0.3, 0.4) is 0 Å². The van der Waals surface area contributed by atoms with Crippen LogP contribution in [0, 0.1) is 6.92 Å². The van der Waals surface area contributed by atoms with Crippen molar-refractivity contribution in [1.82, 2.24) is 9.62 Å². The minimum Gasteiger partial charge on any atom is -0.465 e. The van der Waals surface area contributed by atoms with Crippen LogP contribution in [0.4, 0.5) is 0 Å². The molecule has 1 atom stereocenters. The summed E-state index contributed by atoms with van der Waals surface area (Å²) in [6, 6.07) is 4.58. The molecular weight excluding hydrogens is 340 g/mol. The Morgan fingerprint density at radius 1 is 1.43 bits per heavy atom. The monoisotopic (exact) mass is 362 g/mol. The van der Waals surface area contributed by atoms with Gasteiger partial charge in [-0.25, -0.2) is 13.2 Å². The van der Waals surface area contributed by atoms with Gasteiger partial charge in [0.2, 0.25) is 10.0 Å². The second-order valence-electron chi connectivity index (χ2n) is 5.44. The number of methoxy groups -OCH3 is 1. The van der Waals surface area contributed by atoms with Gasteiger partial charge in [-0.2, -0.15) is 4.31 Å². The van der Waals surface area contributed by atoms with E-state index in [4.69, 9.17) is 0 Å². The van der Waals surface area contributed by atoms with Crippen molar-refractivity contribution < 1.29 is 17.9 Å². The molecule has 1 aromatic rings. The van der Waals surface area contributed by atoms with Gasteiger partial charge in [-0.3, -0.25) is 0 Å². The Kier molecular flexibility index (Phi) is 7.01. The number of rotatable bonds is 5. The van der Waals surface area contributed by atoms with E-state index in [0.29, 0.717) is 18.7 Å². The lowest BCUT2D eigenvalue weighted by Gasteiger charge is -2.24. The summed E-state index contributed by atoms with van der Waals surface area (Å²) in [5, 5.41) is 3.04. The molecule has 6 nitrogen and oxygen atoms in total. The Balaban J connectivity index is 0.00000264. The molecule has 1 aliphatic rings. The van der Waals surface area contributed by atoms with Crippen molar-refractivity contribution in [2.45, 2.75) is 30.7 Å². The zero-order chi connectivity index (χ0) is 16.3. The molecule has 1 aromatic carbocycles. The molecule has 1 fully saturated rings. The average Bonchev–Trinajstić information content (AvgIpc) is 2.96. The zero-order valence-electron chi connectivity index (χ0n) is 13.5. The summed E-state index contributed by atoms with van der Waals surface area (Å²) in [6.07, 6.45) is 1.69. The SMILES string of the molecule is CNCC1CCCN1S(=O)(=O)c1cc(C(=O)OC)ccc1C.Cl. The van der Waals surface area contributed by atoms with Crippen LogP contribution in [-0.2, 0) is 14.8 Å². The topological polar surface area (TPSA) is 75.7 Å². The van der Waals surface area contributed by atoms with Gasteiger partial charge in [0.25, 0.3) is 0 Å². The second kappa shape index (κ2) is 8.10. The molecule has 23 heavy (non-hydrogen) atoms. The van der Waals surface area contributed by atoms with Crippen LogP contribution in [0.1, 0.15) is 28.8 Å². The van der Waals surface area contributed by atoms with Crippen LogP contribution in [0.5, 0.6) is 0 Å². The predicted molar refractivity (Wildman–Crippen MR) is 90.6 cm³/mol. The van der Waals surface area contributed by atoms with E-state index in [9.17, 15) is 13.2 Å². The van der Waals surface area contributed by atoms with E-state index in [0.717, 1.165) is 12.8 Å². The summed E-state index contributed by atoms with van der Waals surface area (Å²) >= 11 is 0. The maximum absolute atomic E-state index is 12.9. The van der Waals surface area contributed by atoms with E-state index in [1.54, 1.807) is 19.1 Å². The van der Waals surface area contributed by atoms with Gasteiger partial charge >= 0.3 is 5.97 Å². The molecule has 1 unspecified atom stereocenters. The van der Waals surface area contributed by atoms with Crippen molar-refractivity contribution in [2.75, 3.05) is 27.2 Å². The molecule has 1 N–H and O–H groups in total. The van der Waals surface area contributed by atoms with E-state index in [1.165, 1.54) is 17.5 Å². The van der Waals surface area contributed by atoms with Gasteiger partial charge in [-0.05, 0) is 44.5 Å². The fourth-order valence-electron chi connectivity index (χ4n) is 2.81. The van der Waals surface area contributed by atoms with Crippen LogP contribution >= 0.6 is 12.4 Å². The van der Waals surface area contributed by atoms with E-state index < -0.39 is 16.0 Å². The minimum absolute atomic E-state index is 0. The highest BCUT2D eigenvalue weighted by molar-refractivity contribution is 7.89. The first kappa shape index (κ1) is 19.9. The molecule has 1 saturated heterocycles. The molecular formula is C15H23ClN2O4S. The van der Waals surface area contributed by atoms with Gasteiger partial charge in [0.15, 0.2) is 0 Å². The van der Waals surface area contributed by atoms with Gasteiger partial charge in [0, 0.05) is 19.1 Å². The zero-order valence-corrected chi connectivity index (χ0v) is 15.2. The summed E-state index contributed by atoms with van der Waals surface area (Å²) in [5.41, 5.74) is 0.874. The lowest BCUT2D eigenvalue weighted by atomic mass is 10.1. The normalized spacial score (nSPS) is 18.5. The predicted octanol–water partition coefficient (Wildman–Crippen LogP) is 1.58. The molecule has 1 heterocycles. The number of nitrogens with one attached hydrogen (secondary N) is 1. The average molecular weight is 363 g/mol. The quantitative estimate of drug-likeness (QED) is 0.805. The highest BCUT2D eigenvalue weighted by atomic mass is 35.5. The molecule has 0 spiro atoms.